The number of halogens is 2. The van der Waals surface area contributed by atoms with E-state index >= 15 is 0 Å². The van der Waals surface area contributed by atoms with Gasteiger partial charge in [0.05, 0.1) is 23.4 Å². The molecule has 6 nitrogen and oxygen atoms in total. The van der Waals surface area contributed by atoms with Crippen LogP contribution in [0.3, 0.4) is 0 Å². The molecule has 0 atom stereocenters. The number of nitrogens with zero attached hydrogens (tertiary/aromatic N) is 2. The molecule has 2 amide bonds. The number of anilines is 1. The maximum absolute atomic E-state index is 13.0. The van der Waals surface area contributed by atoms with Gasteiger partial charge in [-0.15, -0.1) is 0 Å². The Morgan fingerprint density at radius 3 is 2.48 bits per heavy atom. The summed E-state index contributed by atoms with van der Waals surface area (Å²) in [7, 11) is 1.55. The molecule has 2 aromatic carbocycles. The molecule has 0 unspecified atom stereocenters. The smallest absolute Gasteiger partial charge is 0.253 e. The van der Waals surface area contributed by atoms with E-state index in [1.165, 1.54) is 6.92 Å². The van der Waals surface area contributed by atoms with Crippen LogP contribution in [0.5, 0.6) is 5.75 Å². The van der Waals surface area contributed by atoms with E-state index in [-0.39, 0.29) is 18.4 Å². The molecule has 29 heavy (non-hydrogen) atoms. The number of carbonyl (C=O) groups is 2. The maximum atomic E-state index is 13.0. The Morgan fingerprint density at radius 1 is 1.14 bits per heavy atom. The molecular formula is C21H23Cl2N3O3. The molecule has 0 bridgehead atoms. The van der Waals surface area contributed by atoms with Crippen molar-refractivity contribution in [3.05, 3.63) is 57.6 Å². The first-order valence-electron chi connectivity index (χ1n) is 9.36. The van der Waals surface area contributed by atoms with E-state index in [2.05, 4.69) is 5.32 Å². The number of rotatable bonds is 6. The van der Waals surface area contributed by atoms with Gasteiger partial charge in [0, 0.05) is 31.6 Å². The number of ether oxygens (including phenoxy) is 1. The number of methoxy groups -OCH3 is 1. The summed E-state index contributed by atoms with van der Waals surface area (Å²) in [5.41, 5.74) is 1.70. The Labute approximate surface area is 180 Å². The molecule has 0 saturated carbocycles. The van der Waals surface area contributed by atoms with Crippen LogP contribution >= 0.6 is 23.2 Å². The minimum absolute atomic E-state index is 0.148. The predicted octanol–water partition coefficient (Wildman–Crippen LogP) is 4.30. The zero-order valence-corrected chi connectivity index (χ0v) is 17.9. The number of hydrazine groups is 1. The lowest BCUT2D eigenvalue weighted by Crippen LogP contribution is -2.45. The fraction of sp³-hybridized carbons (Fsp3) is 0.333. The third-order valence-electron chi connectivity index (χ3n) is 4.76. The van der Waals surface area contributed by atoms with Crippen molar-refractivity contribution in [3.63, 3.8) is 0 Å². The summed E-state index contributed by atoms with van der Waals surface area (Å²) < 4.78 is 5.15. The van der Waals surface area contributed by atoms with Gasteiger partial charge in [0.1, 0.15) is 5.75 Å². The van der Waals surface area contributed by atoms with Crippen LogP contribution in [0.4, 0.5) is 5.69 Å². The summed E-state index contributed by atoms with van der Waals surface area (Å²) in [6.45, 7) is 3.31. The zero-order chi connectivity index (χ0) is 21.0. The van der Waals surface area contributed by atoms with Crippen LogP contribution in [0.25, 0.3) is 0 Å². The molecule has 2 aromatic rings. The topological polar surface area (TPSA) is 61.9 Å². The van der Waals surface area contributed by atoms with E-state index in [9.17, 15) is 9.59 Å². The number of nitrogens with one attached hydrogen (secondary N) is 1. The van der Waals surface area contributed by atoms with Gasteiger partial charge in [0.2, 0.25) is 5.91 Å². The van der Waals surface area contributed by atoms with Crippen molar-refractivity contribution in [2.45, 2.75) is 26.3 Å². The van der Waals surface area contributed by atoms with Crippen molar-refractivity contribution < 1.29 is 14.3 Å². The third kappa shape index (κ3) is 5.01. The fourth-order valence-corrected chi connectivity index (χ4v) is 3.85. The second-order valence-electron chi connectivity index (χ2n) is 6.80. The Morgan fingerprint density at radius 2 is 1.86 bits per heavy atom. The molecule has 1 heterocycles. The fourth-order valence-electron chi connectivity index (χ4n) is 3.39. The lowest BCUT2D eigenvalue weighted by Gasteiger charge is -2.32. The first kappa shape index (κ1) is 21.4. The van der Waals surface area contributed by atoms with Gasteiger partial charge >= 0.3 is 0 Å². The van der Waals surface area contributed by atoms with Gasteiger partial charge in [0.25, 0.3) is 5.91 Å². The summed E-state index contributed by atoms with van der Waals surface area (Å²) >= 11 is 12.3. The van der Waals surface area contributed by atoms with Crippen molar-refractivity contribution in [2.75, 3.05) is 25.2 Å². The van der Waals surface area contributed by atoms with Crippen molar-refractivity contribution in [2.24, 2.45) is 0 Å². The first-order valence-corrected chi connectivity index (χ1v) is 10.1. The average molecular weight is 436 g/mol. The van der Waals surface area contributed by atoms with Crippen LogP contribution in [0.15, 0.2) is 36.4 Å². The van der Waals surface area contributed by atoms with Crippen LogP contribution < -0.4 is 15.1 Å². The molecule has 0 aromatic heterocycles. The van der Waals surface area contributed by atoms with E-state index in [1.54, 1.807) is 42.5 Å². The molecule has 1 saturated heterocycles. The van der Waals surface area contributed by atoms with Crippen LogP contribution in [-0.4, -0.2) is 37.0 Å². The lowest BCUT2D eigenvalue weighted by molar-refractivity contribution is -0.119. The third-order valence-corrected chi connectivity index (χ3v) is 5.29. The Bertz CT molecular complexity index is 914. The average Bonchev–Trinajstić information content (AvgIpc) is 3.21. The molecule has 1 N–H and O–H groups in total. The molecule has 0 spiro atoms. The maximum Gasteiger partial charge on any atom is 0.253 e. The second-order valence-corrected chi connectivity index (χ2v) is 7.65. The molecule has 3 rings (SSSR count). The predicted molar refractivity (Wildman–Crippen MR) is 115 cm³/mol. The lowest BCUT2D eigenvalue weighted by atomic mass is 10.1. The number of hydrogen-bond donors (Lipinski definition) is 1. The summed E-state index contributed by atoms with van der Waals surface area (Å²) in [6.07, 6.45) is 2.02. The largest absolute Gasteiger partial charge is 0.495 e. The van der Waals surface area contributed by atoms with Gasteiger partial charge in [-0.05, 0) is 48.7 Å². The number of amides is 2. The second kappa shape index (κ2) is 9.48. The van der Waals surface area contributed by atoms with E-state index in [0.717, 1.165) is 31.5 Å². The summed E-state index contributed by atoms with van der Waals surface area (Å²) in [5.74, 6) is 0.103. The Hall–Kier alpha value is -2.28. The van der Waals surface area contributed by atoms with E-state index in [0.29, 0.717) is 27.0 Å². The van der Waals surface area contributed by atoms with Gasteiger partial charge in [-0.25, -0.2) is 10.0 Å². The first-order chi connectivity index (χ1) is 13.9. The van der Waals surface area contributed by atoms with Crippen molar-refractivity contribution in [3.8, 4) is 5.75 Å². The highest BCUT2D eigenvalue weighted by atomic mass is 35.5. The minimum atomic E-state index is -0.320. The Balaban J connectivity index is 1.83. The minimum Gasteiger partial charge on any atom is -0.495 e. The summed E-state index contributed by atoms with van der Waals surface area (Å²) in [5, 5.41) is 7.31. The molecular weight excluding hydrogens is 413 g/mol. The zero-order valence-electron chi connectivity index (χ0n) is 16.4. The monoisotopic (exact) mass is 435 g/mol. The van der Waals surface area contributed by atoms with E-state index < -0.39 is 0 Å². The standard InChI is InChI=1S/C21H23Cl2N3O3/c1-14(27)26(25-9-3-4-10-25)19-7-6-16(22)12-17(19)21(28)24-13-15-5-8-20(29-2)18(23)11-15/h5-8,11-12H,3-4,9-10,13H2,1-2H3,(H,24,28). The van der Waals surface area contributed by atoms with Gasteiger partial charge in [-0.1, -0.05) is 29.3 Å². The highest BCUT2D eigenvalue weighted by molar-refractivity contribution is 6.32. The van der Waals surface area contributed by atoms with E-state index in [4.69, 9.17) is 27.9 Å². The summed E-state index contributed by atoms with van der Waals surface area (Å²) in [4.78, 5) is 25.3. The van der Waals surface area contributed by atoms with Gasteiger partial charge in [0.15, 0.2) is 0 Å². The molecule has 0 radical (unpaired) electrons. The highest BCUT2D eigenvalue weighted by Gasteiger charge is 2.27. The van der Waals surface area contributed by atoms with Gasteiger partial charge in [-0.2, -0.15) is 0 Å². The molecule has 154 valence electrons. The number of benzene rings is 2. The van der Waals surface area contributed by atoms with Gasteiger partial charge < -0.3 is 10.1 Å². The van der Waals surface area contributed by atoms with Gasteiger partial charge in [-0.3, -0.25) is 9.59 Å². The molecule has 8 heteroatoms. The van der Waals surface area contributed by atoms with Crippen LogP contribution in [0.2, 0.25) is 10.0 Å². The Kier molecular flexibility index (Phi) is 7.00. The van der Waals surface area contributed by atoms with Crippen LogP contribution in [-0.2, 0) is 11.3 Å². The molecule has 1 fully saturated rings. The van der Waals surface area contributed by atoms with Crippen LogP contribution in [0, 0.1) is 0 Å². The van der Waals surface area contributed by atoms with Crippen molar-refractivity contribution in [1.82, 2.24) is 10.3 Å². The number of carbonyl (C=O) groups excluding carboxylic acids is 2. The van der Waals surface area contributed by atoms with Crippen molar-refractivity contribution >= 4 is 40.7 Å². The number of hydrogen-bond acceptors (Lipinski definition) is 4. The SMILES string of the molecule is COc1ccc(CNC(=O)c2cc(Cl)ccc2N(C(C)=O)N2CCCC2)cc1Cl. The van der Waals surface area contributed by atoms with Crippen molar-refractivity contribution in [1.29, 1.82) is 0 Å². The quantitative estimate of drug-likeness (QED) is 0.734. The highest BCUT2D eigenvalue weighted by Crippen LogP contribution is 2.28. The van der Waals surface area contributed by atoms with E-state index in [1.807, 2.05) is 11.1 Å². The normalized spacial score (nSPS) is 13.9. The summed E-state index contributed by atoms with van der Waals surface area (Å²) in [6, 6.07) is 10.3. The van der Waals surface area contributed by atoms with Crippen LogP contribution in [0.1, 0.15) is 35.7 Å². The molecule has 0 aliphatic carbocycles. The molecule has 1 aliphatic heterocycles. The molecule has 1 aliphatic rings.